The number of tetrazole rings is 1. The maximum Gasteiger partial charge on any atom is 0.247 e. The second-order valence-electron chi connectivity index (χ2n) is 8.99. The number of halogens is 1. The minimum atomic E-state index is -1.01. The molecule has 0 radical (unpaired) electrons. The molecule has 0 spiro atoms. The fourth-order valence-electron chi connectivity index (χ4n) is 4.30. The normalized spacial score (nSPS) is 15.9. The van der Waals surface area contributed by atoms with Crippen molar-refractivity contribution in [3.63, 3.8) is 0 Å². The highest BCUT2D eigenvalue weighted by Gasteiger charge is 2.33. The van der Waals surface area contributed by atoms with Gasteiger partial charge in [-0.1, -0.05) is 18.2 Å². The van der Waals surface area contributed by atoms with Crippen LogP contribution >= 0.6 is 11.3 Å². The summed E-state index contributed by atoms with van der Waals surface area (Å²) in [4.78, 5) is 30.8. The number of aryl methyl sites for hydroxylation is 1. The Morgan fingerprint density at radius 3 is 2.76 bits per heavy atom. The van der Waals surface area contributed by atoms with Gasteiger partial charge in [0.05, 0.1) is 12.6 Å². The van der Waals surface area contributed by atoms with Gasteiger partial charge in [-0.05, 0) is 66.3 Å². The van der Waals surface area contributed by atoms with Gasteiger partial charge in [-0.3, -0.25) is 9.59 Å². The molecule has 1 aliphatic rings. The van der Waals surface area contributed by atoms with E-state index in [1.807, 2.05) is 17.5 Å². The van der Waals surface area contributed by atoms with E-state index in [0.717, 1.165) is 17.7 Å². The fourth-order valence-corrected chi connectivity index (χ4v) is 5.01. The van der Waals surface area contributed by atoms with Crippen LogP contribution in [0.2, 0.25) is 0 Å². The van der Waals surface area contributed by atoms with E-state index in [1.165, 1.54) is 45.3 Å². The Hall–Kier alpha value is -3.90. The molecule has 0 unspecified atom stereocenters. The molecule has 1 N–H and O–H groups in total. The monoisotopic (exact) mass is 538 g/mol. The van der Waals surface area contributed by atoms with E-state index in [2.05, 4.69) is 20.7 Å². The summed E-state index contributed by atoms with van der Waals surface area (Å²) in [5, 5.41) is 17.1. The molecule has 1 saturated heterocycles. The Balaban J connectivity index is 1.42. The maximum atomic E-state index is 13.8. The minimum absolute atomic E-state index is 0.0720. The average molecular weight is 539 g/mol. The molecule has 0 aliphatic carbocycles. The summed E-state index contributed by atoms with van der Waals surface area (Å²) in [5.41, 5.74) is 0.486. The van der Waals surface area contributed by atoms with Gasteiger partial charge in [0.15, 0.2) is 5.76 Å². The number of thiophene rings is 1. The van der Waals surface area contributed by atoms with Crippen LogP contribution < -0.4 is 5.32 Å². The zero-order valence-corrected chi connectivity index (χ0v) is 21.6. The fraction of sp³-hybridized carbons (Fsp3) is 0.346. The molecule has 12 heteroatoms. The highest BCUT2D eigenvalue weighted by Crippen LogP contribution is 2.26. The van der Waals surface area contributed by atoms with Crippen molar-refractivity contribution in [3.05, 3.63) is 75.9 Å². The number of carbonyl (C=O) groups is 2. The van der Waals surface area contributed by atoms with Crippen LogP contribution in [0, 0.1) is 12.7 Å². The topological polar surface area (TPSA) is 115 Å². The molecule has 4 heterocycles. The summed E-state index contributed by atoms with van der Waals surface area (Å²) in [7, 11) is 0. The van der Waals surface area contributed by atoms with Crippen LogP contribution in [0.3, 0.4) is 0 Å². The third-order valence-electron chi connectivity index (χ3n) is 6.19. The third kappa shape index (κ3) is 6.14. The Labute approximate surface area is 222 Å². The van der Waals surface area contributed by atoms with Crippen LogP contribution in [0.5, 0.6) is 0 Å². The summed E-state index contributed by atoms with van der Waals surface area (Å²) >= 11 is 1.47. The smallest absolute Gasteiger partial charge is 0.247 e. The molecule has 0 bridgehead atoms. The van der Waals surface area contributed by atoms with Gasteiger partial charge in [0.25, 0.3) is 0 Å². The molecule has 0 saturated carbocycles. The van der Waals surface area contributed by atoms with Crippen molar-refractivity contribution in [3.8, 4) is 11.6 Å². The second kappa shape index (κ2) is 11.7. The lowest BCUT2D eigenvalue weighted by Gasteiger charge is -2.31. The van der Waals surface area contributed by atoms with Crippen molar-refractivity contribution in [2.75, 3.05) is 13.2 Å². The van der Waals surface area contributed by atoms with E-state index < -0.39 is 17.8 Å². The number of nitrogens with one attached hydrogen (secondary N) is 1. The highest BCUT2D eigenvalue weighted by atomic mass is 32.1. The quantitative estimate of drug-likeness (QED) is 0.329. The van der Waals surface area contributed by atoms with E-state index in [9.17, 15) is 14.0 Å². The molecule has 1 fully saturated rings. The number of ether oxygens (including phenoxy) is 1. The van der Waals surface area contributed by atoms with Crippen LogP contribution in [0.4, 0.5) is 4.39 Å². The Bertz CT molecular complexity index is 1360. The Morgan fingerprint density at radius 1 is 1.24 bits per heavy atom. The van der Waals surface area contributed by atoms with Crippen LogP contribution in [-0.4, -0.2) is 56.2 Å². The lowest BCUT2D eigenvalue weighted by atomic mass is 10.0. The molecule has 38 heavy (non-hydrogen) atoms. The van der Waals surface area contributed by atoms with E-state index in [1.54, 1.807) is 19.1 Å². The number of benzene rings is 1. The summed E-state index contributed by atoms with van der Waals surface area (Å²) in [6.45, 7) is 2.71. The molecule has 4 aromatic rings. The van der Waals surface area contributed by atoms with Crippen LogP contribution in [0.25, 0.3) is 11.6 Å². The summed E-state index contributed by atoms with van der Waals surface area (Å²) < 4.78 is 25.0. The molecule has 10 nitrogen and oxygen atoms in total. The van der Waals surface area contributed by atoms with Crippen molar-refractivity contribution in [2.45, 2.75) is 45.0 Å². The highest BCUT2D eigenvalue weighted by molar-refractivity contribution is 7.09. The van der Waals surface area contributed by atoms with Gasteiger partial charge in [0, 0.05) is 18.0 Å². The maximum absolute atomic E-state index is 13.8. The molecule has 1 aromatic carbocycles. The number of amides is 2. The van der Waals surface area contributed by atoms with E-state index in [4.69, 9.17) is 9.15 Å². The third-order valence-corrected chi connectivity index (χ3v) is 7.05. The first kappa shape index (κ1) is 25.7. The average Bonchev–Trinajstić information content (AvgIpc) is 3.72. The molecule has 1 aliphatic heterocycles. The van der Waals surface area contributed by atoms with E-state index in [0.29, 0.717) is 30.2 Å². The summed E-state index contributed by atoms with van der Waals surface area (Å²) in [6.07, 6.45) is 1.72. The Morgan fingerprint density at radius 2 is 2.08 bits per heavy atom. The van der Waals surface area contributed by atoms with Gasteiger partial charge in [0.1, 0.15) is 24.2 Å². The van der Waals surface area contributed by atoms with Gasteiger partial charge < -0.3 is 19.4 Å². The molecule has 198 valence electrons. The van der Waals surface area contributed by atoms with Crippen molar-refractivity contribution in [1.29, 1.82) is 0 Å². The first-order valence-corrected chi connectivity index (χ1v) is 13.2. The largest absolute Gasteiger partial charge is 0.458 e. The lowest BCUT2D eigenvalue weighted by molar-refractivity contribution is -0.142. The van der Waals surface area contributed by atoms with Crippen LogP contribution in [0.15, 0.2) is 58.3 Å². The SMILES string of the molecule is Cc1ccc(-c2nnn(CC(=O)N(Cc3cccs3)[C@H](C(=O)NC[C@H]3CCCO3)c3ccc(F)cc3)n2)o1. The van der Waals surface area contributed by atoms with Gasteiger partial charge >= 0.3 is 0 Å². The summed E-state index contributed by atoms with van der Waals surface area (Å²) in [5.74, 6) is 0.172. The molecule has 2 amide bonds. The Kier molecular flexibility index (Phi) is 7.89. The lowest BCUT2D eigenvalue weighted by Crippen LogP contribution is -2.46. The molecule has 5 rings (SSSR count). The molecular weight excluding hydrogens is 511 g/mol. The number of rotatable bonds is 10. The van der Waals surface area contributed by atoms with Gasteiger partial charge in [-0.2, -0.15) is 4.80 Å². The van der Waals surface area contributed by atoms with E-state index in [-0.39, 0.29) is 30.9 Å². The number of hydrogen-bond donors (Lipinski definition) is 1. The first-order valence-electron chi connectivity index (χ1n) is 12.3. The minimum Gasteiger partial charge on any atom is -0.458 e. The summed E-state index contributed by atoms with van der Waals surface area (Å²) in [6, 6.07) is 11.9. The number of furan rings is 1. The standard InChI is InChI=1S/C26H27FN6O4S/c1-17-6-11-22(37-17)25-29-31-33(30-25)16-23(34)32(15-21-5-3-13-38-21)24(18-7-9-19(27)10-8-18)26(35)28-14-20-4-2-12-36-20/h3,5-11,13,20,24H,2,4,12,14-16H2,1H3,(H,28,35)/t20-,24+/m1/s1. The number of carbonyl (C=O) groups excluding carboxylic acids is 2. The number of nitrogens with zero attached hydrogens (tertiary/aromatic N) is 5. The first-order chi connectivity index (χ1) is 18.5. The van der Waals surface area contributed by atoms with Crippen LogP contribution in [-0.2, 0) is 27.4 Å². The molecular formula is C26H27FN6O4S. The van der Waals surface area contributed by atoms with Gasteiger partial charge in [-0.15, -0.1) is 21.5 Å². The molecule has 3 aromatic heterocycles. The number of aromatic nitrogens is 4. The predicted octanol–water partition coefficient (Wildman–Crippen LogP) is 3.51. The zero-order valence-electron chi connectivity index (χ0n) is 20.7. The van der Waals surface area contributed by atoms with Crippen LogP contribution in [0.1, 0.15) is 35.1 Å². The van der Waals surface area contributed by atoms with Gasteiger partial charge in [-0.25, -0.2) is 4.39 Å². The van der Waals surface area contributed by atoms with Crippen molar-refractivity contribution >= 4 is 23.2 Å². The van der Waals surface area contributed by atoms with Crippen molar-refractivity contribution in [1.82, 2.24) is 30.4 Å². The second-order valence-corrected chi connectivity index (χ2v) is 10.0. The zero-order chi connectivity index (χ0) is 26.5. The number of hydrogen-bond acceptors (Lipinski definition) is 8. The predicted molar refractivity (Wildman–Crippen MR) is 136 cm³/mol. The van der Waals surface area contributed by atoms with Crippen molar-refractivity contribution in [2.24, 2.45) is 0 Å². The molecule has 2 atom stereocenters. The van der Waals surface area contributed by atoms with Gasteiger partial charge in [0.2, 0.25) is 17.6 Å². The van der Waals surface area contributed by atoms with Crippen molar-refractivity contribution < 1.29 is 23.1 Å². The van der Waals surface area contributed by atoms with E-state index >= 15 is 0 Å².